The Morgan fingerprint density at radius 1 is 1.65 bits per heavy atom. The van der Waals surface area contributed by atoms with Gasteiger partial charge in [0.25, 0.3) is 5.91 Å². The Kier molecular flexibility index (Phi) is 6.15. The van der Waals surface area contributed by atoms with Crippen LogP contribution in [0.1, 0.15) is 30.3 Å². The summed E-state index contributed by atoms with van der Waals surface area (Å²) in [6, 6.07) is 3.55. The molecule has 1 rings (SSSR count). The number of pyridine rings is 1. The lowest BCUT2D eigenvalue weighted by molar-refractivity contribution is 0.0937. The summed E-state index contributed by atoms with van der Waals surface area (Å²) in [5.74, 6) is 0.125. The number of aliphatic hydroxyl groups is 1. The SMILES string of the molecule is CCC(CCO)CNC(=O)c1ncccc1Br. The highest BCUT2D eigenvalue weighted by molar-refractivity contribution is 9.10. The lowest BCUT2D eigenvalue weighted by Gasteiger charge is -2.14. The third-order valence-corrected chi connectivity index (χ3v) is 3.28. The molecule has 0 aliphatic carbocycles. The third-order valence-electron chi connectivity index (χ3n) is 2.64. The van der Waals surface area contributed by atoms with Crippen LogP contribution < -0.4 is 5.32 Å². The molecule has 1 heterocycles. The quantitative estimate of drug-likeness (QED) is 0.844. The molecule has 1 unspecified atom stereocenters. The number of rotatable bonds is 6. The Morgan fingerprint density at radius 3 is 3.00 bits per heavy atom. The van der Waals surface area contributed by atoms with Gasteiger partial charge in [0, 0.05) is 23.8 Å². The van der Waals surface area contributed by atoms with Crippen LogP contribution in [-0.2, 0) is 0 Å². The van der Waals surface area contributed by atoms with Crippen LogP contribution >= 0.6 is 15.9 Å². The van der Waals surface area contributed by atoms with Crippen LogP contribution in [0.15, 0.2) is 22.8 Å². The predicted octanol–water partition coefficient (Wildman–Crippen LogP) is 1.98. The molecule has 0 fully saturated rings. The number of halogens is 1. The van der Waals surface area contributed by atoms with Crippen molar-refractivity contribution in [2.45, 2.75) is 19.8 Å². The van der Waals surface area contributed by atoms with Gasteiger partial charge >= 0.3 is 0 Å². The molecular weight excluding hydrogens is 284 g/mol. The lowest BCUT2D eigenvalue weighted by Crippen LogP contribution is -2.30. The second-order valence-electron chi connectivity index (χ2n) is 3.83. The maximum atomic E-state index is 11.8. The summed E-state index contributed by atoms with van der Waals surface area (Å²) in [5.41, 5.74) is 0.395. The molecule has 0 aromatic carbocycles. The highest BCUT2D eigenvalue weighted by atomic mass is 79.9. The molecule has 4 nitrogen and oxygen atoms in total. The summed E-state index contributed by atoms with van der Waals surface area (Å²) in [4.78, 5) is 15.8. The summed E-state index contributed by atoms with van der Waals surface area (Å²) in [5, 5.41) is 11.7. The van der Waals surface area contributed by atoms with Gasteiger partial charge < -0.3 is 10.4 Å². The van der Waals surface area contributed by atoms with Crippen LogP contribution in [0.5, 0.6) is 0 Å². The molecule has 1 atom stereocenters. The van der Waals surface area contributed by atoms with E-state index in [2.05, 4.69) is 26.2 Å². The summed E-state index contributed by atoms with van der Waals surface area (Å²) in [6.07, 6.45) is 3.23. The molecule has 0 aliphatic rings. The lowest BCUT2D eigenvalue weighted by atomic mass is 10.0. The Labute approximate surface area is 110 Å². The second kappa shape index (κ2) is 7.40. The van der Waals surface area contributed by atoms with Gasteiger partial charge in [-0.25, -0.2) is 4.98 Å². The van der Waals surface area contributed by atoms with E-state index in [1.165, 1.54) is 0 Å². The summed E-state index contributed by atoms with van der Waals surface area (Å²) in [6.45, 7) is 2.77. The molecule has 0 bridgehead atoms. The average Bonchev–Trinajstić information content (AvgIpc) is 2.34. The van der Waals surface area contributed by atoms with Gasteiger partial charge in [-0.05, 0) is 40.4 Å². The van der Waals surface area contributed by atoms with Gasteiger partial charge in [-0.2, -0.15) is 0 Å². The fraction of sp³-hybridized carbons (Fsp3) is 0.500. The zero-order valence-corrected chi connectivity index (χ0v) is 11.4. The van der Waals surface area contributed by atoms with E-state index in [0.29, 0.717) is 29.1 Å². The monoisotopic (exact) mass is 300 g/mol. The normalized spacial score (nSPS) is 12.2. The highest BCUT2D eigenvalue weighted by Gasteiger charge is 2.12. The van der Waals surface area contributed by atoms with Crippen molar-refractivity contribution >= 4 is 21.8 Å². The first-order valence-electron chi connectivity index (χ1n) is 5.68. The van der Waals surface area contributed by atoms with E-state index in [1.807, 2.05) is 6.92 Å². The number of nitrogens with one attached hydrogen (secondary N) is 1. The molecule has 0 radical (unpaired) electrons. The second-order valence-corrected chi connectivity index (χ2v) is 4.68. The number of carbonyl (C=O) groups excluding carboxylic acids is 1. The van der Waals surface area contributed by atoms with Crippen molar-refractivity contribution in [3.05, 3.63) is 28.5 Å². The van der Waals surface area contributed by atoms with Crippen molar-refractivity contribution in [1.29, 1.82) is 0 Å². The van der Waals surface area contributed by atoms with Gasteiger partial charge in [0.1, 0.15) is 5.69 Å². The fourth-order valence-corrected chi connectivity index (χ4v) is 1.94. The number of hydrogen-bond acceptors (Lipinski definition) is 3. The first-order valence-corrected chi connectivity index (χ1v) is 6.47. The maximum Gasteiger partial charge on any atom is 0.271 e. The zero-order chi connectivity index (χ0) is 12.7. The molecule has 0 saturated heterocycles. The number of nitrogens with zero attached hydrogens (tertiary/aromatic N) is 1. The molecule has 17 heavy (non-hydrogen) atoms. The minimum Gasteiger partial charge on any atom is -0.396 e. The topological polar surface area (TPSA) is 62.2 Å². The van der Waals surface area contributed by atoms with Gasteiger partial charge in [0.05, 0.1) is 0 Å². The Hall–Kier alpha value is -0.940. The average molecular weight is 301 g/mol. The van der Waals surface area contributed by atoms with Crippen molar-refractivity contribution < 1.29 is 9.90 Å². The summed E-state index contributed by atoms with van der Waals surface area (Å²) >= 11 is 3.29. The van der Waals surface area contributed by atoms with E-state index in [-0.39, 0.29) is 12.5 Å². The van der Waals surface area contributed by atoms with Crippen LogP contribution in [0.3, 0.4) is 0 Å². The highest BCUT2D eigenvalue weighted by Crippen LogP contribution is 2.13. The minimum atomic E-state index is -0.186. The molecular formula is C12H17BrN2O2. The van der Waals surface area contributed by atoms with Crippen LogP contribution in [0.25, 0.3) is 0 Å². The summed E-state index contributed by atoms with van der Waals surface area (Å²) < 4.78 is 0.688. The molecule has 2 N–H and O–H groups in total. The van der Waals surface area contributed by atoms with Crippen molar-refractivity contribution in [3.63, 3.8) is 0 Å². The van der Waals surface area contributed by atoms with Crippen molar-refractivity contribution in [3.8, 4) is 0 Å². The molecule has 0 saturated carbocycles. The van der Waals surface area contributed by atoms with E-state index in [1.54, 1.807) is 18.3 Å². The molecule has 5 heteroatoms. The Morgan fingerprint density at radius 2 is 2.41 bits per heavy atom. The van der Waals surface area contributed by atoms with Gasteiger partial charge in [-0.15, -0.1) is 0 Å². The molecule has 0 spiro atoms. The van der Waals surface area contributed by atoms with E-state index in [4.69, 9.17) is 5.11 Å². The molecule has 1 amide bonds. The van der Waals surface area contributed by atoms with E-state index in [9.17, 15) is 4.79 Å². The standard InChI is InChI=1S/C12H17BrN2O2/c1-2-9(5-7-16)8-15-12(17)11-10(13)4-3-6-14-11/h3-4,6,9,16H,2,5,7-8H2,1H3,(H,15,17). The third kappa shape index (κ3) is 4.44. The van der Waals surface area contributed by atoms with Crippen LogP contribution in [0, 0.1) is 5.92 Å². The van der Waals surface area contributed by atoms with Crippen molar-refractivity contribution in [2.75, 3.05) is 13.2 Å². The predicted molar refractivity (Wildman–Crippen MR) is 69.8 cm³/mol. The Bertz CT molecular complexity index is 371. The molecule has 0 aliphatic heterocycles. The Balaban J connectivity index is 2.52. The first-order chi connectivity index (χ1) is 8.19. The fourth-order valence-electron chi connectivity index (χ4n) is 1.51. The van der Waals surface area contributed by atoms with Crippen molar-refractivity contribution in [1.82, 2.24) is 10.3 Å². The van der Waals surface area contributed by atoms with Crippen LogP contribution in [-0.4, -0.2) is 29.1 Å². The van der Waals surface area contributed by atoms with E-state index in [0.717, 1.165) is 6.42 Å². The number of aromatic nitrogens is 1. The molecule has 94 valence electrons. The smallest absolute Gasteiger partial charge is 0.271 e. The van der Waals surface area contributed by atoms with Crippen LogP contribution in [0.4, 0.5) is 0 Å². The van der Waals surface area contributed by atoms with Gasteiger partial charge in [0.2, 0.25) is 0 Å². The number of carbonyl (C=O) groups is 1. The van der Waals surface area contributed by atoms with Gasteiger partial charge in [-0.3, -0.25) is 4.79 Å². The van der Waals surface area contributed by atoms with Gasteiger partial charge in [-0.1, -0.05) is 13.3 Å². The minimum absolute atomic E-state index is 0.154. The zero-order valence-electron chi connectivity index (χ0n) is 9.82. The van der Waals surface area contributed by atoms with Gasteiger partial charge in [0.15, 0.2) is 0 Å². The largest absolute Gasteiger partial charge is 0.396 e. The first kappa shape index (κ1) is 14.1. The number of amides is 1. The number of aliphatic hydroxyl groups excluding tert-OH is 1. The molecule has 1 aromatic heterocycles. The van der Waals surface area contributed by atoms with Crippen molar-refractivity contribution in [2.24, 2.45) is 5.92 Å². The molecule has 1 aromatic rings. The maximum absolute atomic E-state index is 11.8. The van der Waals surface area contributed by atoms with E-state index < -0.39 is 0 Å². The summed E-state index contributed by atoms with van der Waals surface area (Å²) in [7, 11) is 0. The van der Waals surface area contributed by atoms with E-state index >= 15 is 0 Å². The van der Waals surface area contributed by atoms with Crippen LogP contribution in [0.2, 0.25) is 0 Å². The number of hydrogen-bond donors (Lipinski definition) is 2.